The molecule has 0 spiro atoms. The van der Waals surface area contributed by atoms with Gasteiger partial charge in [0.1, 0.15) is 11.3 Å². The Morgan fingerprint density at radius 2 is 2.15 bits per heavy atom. The molecule has 4 rings (SSSR count). The smallest absolute Gasteiger partial charge is 0.263 e. The summed E-state index contributed by atoms with van der Waals surface area (Å²) in [6.45, 7) is -0.00214. The molecular weight excluding hydrogens is 356 g/mol. The summed E-state index contributed by atoms with van der Waals surface area (Å²) < 4.78 is 5.33. The number of H-pyrrole nitrogens is 1. The van der Waals surface area contributed by atoms with Crippen LogP contribution < -0.4 is 20.9 Å². The van der Waals surface area contributed by atoms with Crippen LogP contribution in [0.5, 0.6) is 5.75 Å². The maximum absolute atomic E-state index is 12.2. The van der Waals surface area contributed by atoms with Crippen LogP contribution in [-0.2, 0) is 4.79 Å². The first-order chi connectivity index (χ1) is 12.6. The van der Waals surface area contributed by atoms with Crippen molar-refractivity contribution in [2.24, 2.45) is 0 Å². The molecule has 3 heterocycles. The Kier molecular flexibility index (Phi) is 3.98. The van der Waals surface area contributed by atoms with Gasteiger partial charge in [0.25, 0.3) is 17.4 Å². The first-order valence-electron chi connectivity index (χ1n) is 7.62. The number of anilines is 2. The van der Waals surface area contributed by atoms with E-state index in [9.17, 15) is 14.4 Å². The minimum atomic E-state index is -0.529. The summed E-state index contributed by atoms with van der Waals surface area (Å²) in [6, 6.07) is 8.35. The molecular formula is C17H12N4O4S. The second-order valence-corrected chi connectivity index (χ2v) is 6.31. The highest BCUT2D eigenvalue weighted by molar-refractivity contribution is 7.14. The minimum absolute atomic E-state index is 0.00214. The van der Waals surface area contributed by atoms with Crippen LogP contribution in [0.15, 0.2) is 46.7 Å². The van der Waals surface area contributed by atoms with Crippen molar-refractivity contribution in [2.75, 3.05) is 17.2 Å². The molecule has 3 N–H and O–H groups in total. The third-order valence-corrected chi connectivity index (χ3v) is 4.45. The van der Waals surface area contributed by atoms with E-state index in [2.05, 4.69) is 20.6 Å². The fourth-order valence-electron chi connectivity index (χ4n) is 2.47. The predicted octanol–water partition coefficient (Wildman–Crippen LogP) is 2.08. The van der Waals surface area contributed by atoms with Crippen LogP contribution in [0.1, 0.15) is 10.4 Å². The van der Waals surface area contributed by atoms with Gasteiger partial charge in [-0.2, -0.15) is 0 Å². The minimum Gasteiger partial charge on any atom is -0.482 e. The number of fused-ring (bicyclic) bond motifs is 1. The summed E-state index contributed by atoms with van der Waals surface area (Å²) in [5.41, 5.74) is 1.53. The van der Waals surface area contributed by atoms with Crippen LogP contribution in [0.25, 0.3) is 11.3 Å². The Morgan fingerprint density at radius 3 is 3.00 bits per heavy atom. The zero-order chi connectivity index (χ0) is 18.1. The van der Waals surface area contributed by atoms with E-state index in [1.807, 2.05) is 6.07 Å². The summed E-state index contributed by atoms with van der Waals surface area (Å²) in [4.78, 5) is 42.1. The van der Waals surface area contributed by atoms with Gasteiger partial charge in [-0.1, -0.05) is 0 Å². The number of aromatic amines is 1. The van der Waals surface area contributed by atoms with E-state index in [-0.39, 0.29) is 18.1 Å². The lowest BCUT2D eigenvalue weighted by Crippen LogP contribution is -2.25. The van der Waals surface area contributed by atoms with Crippen molar-refractivity contribution in [3.05, 3.63) is 57.8 Å². The molecule has 0 fully saturated rings. The molecule has 0 saturated carbocycles. The monoisotopic (exact) mass is 368 g/mol. The number of hydrogen-bond donors (Lipinski definition) is 3. The quantitative estimate of drug-likeness (QED) is 0.655. The molecule has 0 aliphatic carbocycles. The Morgan fingerprint density at radius 1 is 1.27 bits per heavy atom. The number of thiazole rings is 1. The van der Waals surface area contributed by atoms with Gasteiger partial charge in [-0.05, 0) is 30.3 Å². The molecule has 0 radical (unpaired) electrons. The van der Waals surface area contributed by atoms with Crippen molar-refractivity contribution >= 4 is 34.0 Å². The highest BCUT2D eigenvalue weighted by Crippen LogP contribution is 2.33. The number of rotatable bonds is 3. The first kappa shape index (κ1) is 16.0. The van der Waals surface area contributed by atoms with Crippen LogP contribution >= 0.6 is 11.3 Å². The molecule has 0 bridgehead atoms. The van der Waals surface area contributed by atoms with Crippen LogP contribution in [0, 0.1) is 0 Å². The number of nitrogens with one attached hydrogen (secondary N) is 3. The molecule has 2 aromatic heterocycles. The number of carbonyl (C=O) groups excluding carboxylic acids is 2. The number of carbonyl (C=O) groups is 2. The molecule has 130 valence electrons. The molecule has 0 atom stereocenters. The van der Waals surface area contributed by atoms with Crippen molar-refractivity contribution in [1.82, 2.24) is 9.97 Å². The number of hydrogen-bond acceptors (Lipinski definition) is 6. The lowest BCUT2D eigenvalue weighted by atomic mass is 10.1. The normalized spacial score (nSPS) is 12.7. The van der Waals surface area contributed by atoms with Crippen molar-refractivity contribution < 1.29 is 14.3 Å². The van der Waals surface area contributed by atoms with Crippen molar-refractivity contribution in [2.45, 2.75) is 0 Å². The van der Waals surface area contributed by atoms with E-state index >= 15 is 0 Å². The average Bonchev–Trinajstić information content (AvgIpc) is 3.10. The average molecular weight is 368 g/mol. The van der Waals surface area contributed by atoms with E-state index in [4.69, 9.17) is 4.74 Å². The molecule has 0 saturated heterocycles. The van der Waals surface area contributed by atoms with Gasteiger partial charge in [0.05, 0.1) is 11.4 Å². The Bertz CT molecular complexity index is 1070. The van der Waals surface area contributed by atoms with Gasteiger partial charge in [-0.25, -0.2) is 4.98 Å². The third kappa shape index (κ3) is 3.07. The summed E-state index contributed by atoms with van der Waals surface area (Å²) >= 11 is 1.24. The summed E-state index contributed by atoms with van der Waals surface area (Å²) in [7, 11) is 0. The van der Waals surface area contributed by atoms with E-state index in [0.29, 0.717) is 22.3 Å². The highest BCUT2D eigenvalue weighted by atomic mass is 32.1. The number of pyridine rings is 1. The van der Waals surface area contributed by atoms with E-state index in [0.717, 1.165) is 5.56 Å². The number of nitrogens with zero attached hydrogens (tertiary/aromatic N) is 1. The van der Waals surface area contributed by atoms with Crippen LogP contribution in [0.4, 0.5) is 10.8 Å². The first-order valence-corrected chi connectivity index (χ1v) is 8.50. The fraction of sp³-hybridized carbons (Fsp3) is 0.0588. The maximum atomic E-state index is 12.2. The predicted molar refractivity (Wildman–Crippen MR) is 96.7 cm³/mol. The fourth-order valence-corrected chi connectivity index (χ4v) is 3.19. The van der Waals surface area contributed by atoms with Gasteiger partial charge in [0, 0.05) is 17.1 Å². The van der Waals surface area contributed by atoms with Gasteiger partial charge in [-0.3, -0.25) is 19.7 Å². The van der Waals surface area contributed by atoms with Crippen molar-refractivity contribution in [3.63, 3.8) is 0 Å². The van der Waals surface area contributed by atoms with Gasteiger partial charge in [-0.15, -0.1) is 11.3 Å². The van der Waals surface area contributed by atoms with Crippen molar-refractivity contribution in [1.29, 1.82) is 0 Å². The van der Waals surface area contributed by atoms with Gasteiger partial charge < -0.3 is 15.0 Å². The largest absolute Gasteiger partial charge is 0.482 e. The number of aromatic nitrogens is 2. The van der Waals surface area contributed by atoms with E-state index in [1.165, 1.54) is 23.6 Å². The van der Waals surface area contributed by atoms with Crippen molar-refractivity contribution in [3.8, 4) is 17.0 Å². The summed E-state index contributed by atoms with van der Waals surface area (Å²) in [6.07, 6.45) is 1.46. The highest BCUT2D eigenvalue weighted by Gasteiger charge is 2.17. The zero-order valence-electron chi connectivity index (χ0n) is 13.2. The van der Waals surface area contributed by atoms with Crippen LogP contribution in [0.2, 0.25) is 0 Å². The molecule has 9 heteroatoms. The zero-order valence-corrected chi connectivity index (χ0v) is 14.1. The molecule has 1 aliphatic heterocycles. The SMILES string of the molecule is O=C1COc2ccc(-c3csc(NC(=O)c4ccc[nH]c4=O)n3)cc2N1. The lowest BCUT2D eigenvalue weighted by Gasteiger charge is -2.18. The van der Waals surface area contributed by atoms with Crippen LogP contribution in [0.3, 0.4) is 0 Å². The van der Waals surface area contributed by atoms with Gasteiger partial charge >= 0.3 is 0 Å². The molecule has 1 aromatic carbocycles. The van der Waals surface area contributed by atoms with E-state index in [1.54, 1.807) is 23.6 Å². The van der Waals surface area contributed by atoms with Gasteiger partial charge in [0.15, 0.2) is 11.7 Å². The molecule has 3 aromatic rings. The Balaban J connectivity index is 1.56. The second-order valence-electron chi connectivity index (χ2n) is 5.45. The number of ether oxygens (including phenoxy) is 1. The van der Waals surface area contributed by atoms with Crippen LogP contribution in [-0.4, -0.2) is 28.4 Å². The van der Waals surface area contributed by atoms with Gasteiger partial charge in [0.2, 0.25) is 0 Å². The molecule has 26 heavy (non-hydrogen) atoms. The van der Waals surface area contributed by atoms with E-state index < -0.39 is 11.5 Å². The molecule has 1 aliphatic rings. The molecule has 2 amide bonds. The second kappa shape index (κ2) is 6.45. The standard InChI is InChI=1S/C17H12N4O4S/c22-14-7-25-13-4-3-9(6-11(13)19-14)12-8-26-17(20-12)21-16(24)10-2-1-5-18-15(10)23/h1-6,8H,7H2,(H,18,23)(H,19,22)(H,20,21,24). The lowest BCUT2D eigenvalue weighted by molar-refractivity contribution is -0.118. The molecule has 0 unspecified atom stereocenters. The summed E-state index contributed by atoms with van der Waals surface area (Å²) in [5, 5.41) is 7.50. The topological polar surface area (TPSA) is 113 Å². The number of amides is 2. The molecule has 8 nitrogen and oxygen atoms in total. The Hall–Kier alpha value is -3.46. The maximum Gasteiger partial charge on any atom is 0.263 e. The summed E-state index contributed by atoms with van der Waals surface area (Å²) in [5.74, 6) is -0.145. The number of benzene rings is 1. The Labute approximate surface area is 150 Å². The third-order valence-electron chi connectivity index (χ3n) is 3.70.